The number of imide groups is 1. The van der Waals surface area contributed by atoms with Crippen LogP contribution in [0.5, 0.6) is 0 Å². The second-order valence-electron chi connectivity index (χ2n) is 4.86. The Morgan fingerprint density at radius 2 is 2.05 bits per heavy atom. The quantitative estimate of drug-likeness (QED) is 0.627. The van der Waals surface area contributed by atoms with Crippen LogP contribution in [0.2, 0.25) is 0 Å². The Morgan fingerprint density at radius 1 is 1.27 bits per heavy atom. The third-order valence-electron chi connectivity index (χ3n) is 3.39. The Bertz CT molecular complexity index is 631. The Hall–Kier alpha value is -1.99. The van der Waals surface area contributed by atoms with Crippen molar-refractivity contribution in [1.82, 2.24) is 4.90 Å². The average Bonchev–Trinajstić information content (AvgIpc) is 3.09. The Kier molecular flexibility index (Phi) is 4.35. The highest BCUT2D eigenvalue weighted by Crippen LogP contribution is 2.33. The van der Waals surface area contributed by atoms with Crippen LogP contribution in [0.3, 0.4) is 0 Å². The van der Waals surface area contributed by atoms with E-state index in [1.807, 2.05) is 6.07 Å². The van der Waals surface area contributed by atoms with E-state index in [4.69, 9.17) is 9.15 Å². The van der Waals surface area contributed by atoms with Gasteiger partial charge in [0.2, 0.25) is 0 Å². The van der Waals surface area contributed by atoms with Gasteiger partial charge >= 0.3 is 0 Å². The molecule has 0 spiro atoms. The van der Waals surface area contributed by atoms with Crippen molar-refractivity contribution in [3.63, 3.8) is 0 Å². The van der Waals surface area contributed by atoms with Gasteiger partial charge in [-0.2, -0.15) is 0 Å². The van der Waals surface area contributed by atoms with Gasteiger partial charge in [-0.05, 0) is 17.8 Å². The second kappa shape index (κ2) is 6.41. The molecule has 0 aromatic carbocycles. The van der Waals surface area contributed by atoms with Crippen LogP contribution < -0.4 is 4.90 Å². The molecule has 22 heavy (non-hydrogen) atoms. The lowest BCUT2D eigenvalue weighted by Gasteiger charge is -2.26. The monoisotopic (exact) mass is 320 g/mol. The van der Waals surface area contributed by atoms with Crippen molar-refractivity contribution in [2.24, 2.45) is 0 Å². The van der Waals surface area contributed by atoms with Crippen LogP contribution >= 0.6 is 11.8 Å². The molecule has 0 aliphatic carbocycles. The lowest BCUT2D eigenvalue weighted by molar-refractivity contribution is -0.122. The van der Waals surface area contributed by atoms with E-state index in [0.717, 1.165) is 35.6 Å². The molecule has 2 aliphatic heterocycles. The number of amides is 2. The zero-order chi connectivity index (χ0) is 15.5. The number of carbonyl (C=O) groups excluding carboxylic acids is 2. The van der Waals surface area contributed by atoms with Gasteiger partial charge in [-0.25, -0.2) is 0 Å². The number of thioether (sulfide) groups is 1. The summed E-state index contributed by atoms with van der Waals surface area (Å²) < 4.78 is 11.0. The molecule has 116 valence electrons. The molecule has 2 fully saturated rings. The summed E-state index contributed by atoms with van der Waals surface area (Å²) in [4.78, 5) is 27.5. The summed E-state index contributed by atoms with van der Waals surface area (Å²) in [5.74, 6) is 1.00. The van der Waals surface area contributed by atoms with Crippen molar-refractivity contribution in [2.75, 3.05) is 37.7 Å². The normalized spacial score (nSPS) is 21.0. The van der Waals surface area contributed by atoms with Crippen molar-refractivity contribution >= 4 is 34.9 Å². The topological polar surface area (TPSA) is 63.0 Å². The number of rotatable bonds is 4. The molecule has 0 N–H and O–H groups in total. The van der Waals surface area contributed by atoms with Crippen LogP contribution in [0.25, 0.3) is 6.08 Å². The van der Waals surface area contributed by atoms with E-state index in [0.29, 0.717) is 23.9 Å². The van der Waals surface area contributed by atoms with E-state index in [1.165, 1.54) is 6.08 Å². The van der Waals surface area contributed by atoms with Gasteiger partial charge in [-0.1, -0.05) is 6.08 Å². The number of morpholine rings is 1. The summed E-state index contributed by atoms with van der Waals surface area (Å²) in [6.45, 7) is 6.68. The van der Waals surface area contributed by atoms with Gasteiger partial charge in [0.1, 0.15) is 5.76 Å². The summed E-state index contributed by atoms with van der Waals surface area (Å²) in [6.07, 6.45) is 3.14. The molecule has 0 radical (unpaired) electrons. The number of anilines is 1. The highest BCUT2D eigenvalue weighted by Gasteiger charge is 2.34. The molecule has 0 saturated carbocycles. The Morgan fingerprint density at radius 3 is 2.77 bits per heavy atom. The first-order valence-electron chi connectivity index (χ1n) is 6.98. The predicted molar refractivity (Wildman–Crippen MR) is 84.6 cm³/mol. The van der Waals surface area contributed by atoms with E-state index < -0.39 is 0 Å². The maximum atomic E-state index is 12.1. The number of hydrogen-bond acceptors (Lipinski definition) is 6. The molecule has 2 saturated heterocycles. The SMILES string of the molecule is C=CCN1C(=O)S/C(=C\c2ccc(N3CCOCC3)o2)C1=O. The van der Waals surface area contributed by atoms with E-state index in [1.54, 1.807) is 12.1 Å². The summed E-state index contributed by atoms with van der Waals surface area (Å²) in [5.41, 5.74) is 0. The van der Waals surface area contributed by atoms with Gasteiger partial charge in [0.05, 0.1) is 18.1 Å². The van der Waals surface area contributed by atoms with Gasteiger partial charge in [-0.15, -0.1) is 6.58 Å². The lowest BCUT2D eigenvalue weighted by Crippen LogP contribution is -2.35. The molecule has 0 unspecified atom stereocenters. The summed E-state index contributed by atoms with van der Waals surface area (Å²) in [7, 11) is 0. The van der Waals surface area contributed by atoms with Crippen LogP contribution in [-0.2, 0) is 9.53 Å². The number of carbonyl (C=O) groups is 2. The minimum absolute atomic E-state index is 0.221. The molecule has 7 heteroatoms. The molecule has 0 bridgehead atoms. The maximum Gasteiger partial charge on any atom is 0.293 e. The molecule has 2 amide bonds. The highest BCUT2D eigenvalue weighted by molar-refractivity contribution is 8.18. The summed E-state index contributed by atoms with van der Waals surface area (Å²) >= 11 is 0.919. The summed E-state index contributed by atoms with van der Waals surface area (Å²) in [5, 5.41) is -0.281. The third-order valence-corrected chi connectivity index (χ3v) is 4.30. The van der Waals surface area contributed by atoms with Crippen molar-refractivity contribution in [2.45, 2.75) is 0 Å². The molecule has 3 rings (SSSR count). The predicted octanol–water partition coefficient (Wildman–Crippen LogP) is 2.34. The van der Waals surface area contributed by atoms with Gasteiger partial charge in [0.25, 0.3) is 11.1 Å². The van der Waals surface area contributed by atoms with Crippen molar-refractivity contribution in [3.05, 3.63) is 35.5 Å². The third kappa shape index (κ3) is 2.95. The second-order valence-corrected chi connectivity index (χ2v) is 5.85. The first-order valence-corrected chi connectivity index (χ1v) is 7.79. The van der Waals surface area contributed by atoms with Gasteiger partial charge < -0.3 is 14.1 Å². The fourth-order valence-corrected chi connectivity index (χ4v) is 3.12. The Balaban J connectivity index is 1.75. The van der Waals surface area contributed by atoms with Crippen molar-refractivity contribution < 1.29 is 18.7 Å². The van der Waals surface area contributed by atoms with Gasteiger partial charge in [0.15, 0.2) is 5.88 Å². The average molecular weight is 320 g/mol. The largest absolute Gasteiger partial charge is 0.441 e. The fraction of sp³-hybridized carbons (Fsp3) is 0.333. The molecule has 0 atom stereocenters. The standard InChI is InChI=1S/C15H16N2O4S/c1-2-5-17-14(18)12(22-15(17)19)10-11-3-4-13(21-11)16-6-8-20-9-7-16/h2-4,10H,1,5-9H2/b12-10-. The maximum absolute atomic E-state index is 12.1. The van der Waals surface area contributed by atoms with E-state index in [-0.39, 0.29) is 17.7 Å². The first kappa shape index (κ1) is 14.9. The van der Waals surface area contributed by atoms with Crippen LogP contribution in [0.15, 0.2) is 34.1 Å². The minimum Gasteiger partial charge on any atom is -0.441 e. The minimum atomic E-state index is -0.306. The number of ether oxygens (including phenoxy) is 1. The highest BCUT2D eigenvalue weighted by atomic mass is 32.2. The van der Waals surface area contributed by atoms with E-state index in [2.05, 4.69) is 11.5 Å². The number of furan rings is 1. The molecule has 6 nitrogen and oxygen atoms in total. The molecular formula is C15H16N2O4S. The molecule has 3 heterocycles. The van der Waals surface area contributed by atoms with Crippen LogP contribution in [-0.4, -0.2) is 48.9 Å². The van der Waals surface area contributed by atoms with Crippen LogP contribution in [0, 0.1) is 0 Å². The van der Waals surface area contributed by atoms with Gasteiger partial charge in [-0.3, -0.25) is 14.5 Å². The first-order chi connectivity index (χ1) is 10.7. The number of hydrogen-bond donors (Lipinski definition) is 0. The molecule has 1 aromatic rings. The number of nitrogens with zero attached hydrogens (tertiary/aromatic N) is 2. The van der Waals surface area contributed by atoms with Crippen molar-refractivity contribution in [1.29, 1.82) is 0 Å². The van der Waals surface area contributed by atoms with Crippen LogP contribution in [0.4, 0.5) is 10.7 Å². The zero-order valence-corrected chi connectivity index (χ0v) is 12.8. The lowest BCUT2D eigenvalue weighted by atomic mass is 10.3. The molecule has 2 aliphatic rings. The molecule has 1 aromatic heterocycles. The van der Waals surface area contributed by atoms with Gasteiger partial charge in [0, 0.05) is 31.8 Å². The summed E-state index contributed by atoms with van der Waals surface area (Å²) in [6, 6.07) is 3.66. The fourth-order valence-electron chi connectivity index (χ4n) is 2.29. The van der Waals surface area contributed by atoms with Crippen molar-refractivity contribution in [3.8, 4) is 0 Å². The molecular weight excluding hydrogens is 304 g/mol. The Labute approximate surface area is 132 Å². The van der Waals surface area contributed by atoms with E-state index in [9.17, 15) is 9.59 Å². The zero-order valence-electron chi connectivity index (χ0n) is 12.0. The van der Waals surface area contributed by atoms with E-state index >= 15 is 0 Å². The smallest absolute Gasteiger partial charge is 0.293 e. The van der Waals surface area contributed by atoms with Crippen LogP contribution in [0.1, 0.15) is 5.76 Å².